The molecule has 0 aliphatic heterocycles. The molecule has 0 amide bonds. The van der Waals surface area contributed by atoms with Crippen LogP contribution in [-0.2, 0) is 0 Å². The number of halogens is 1. The molecule has 0 atom stereocenters. The maximum atomic E-state index is 13.4. The molecule has 30 heavy (non-hydrogen) atoms. The third-order valence-corrected chi connectivity index (χ3v) is 6.57. The van der Waals surface area contributed by atoms with Crippen molar-refractivity contribution in [1.29, 1.82) is 0 Å². The Kier molecular flexibility index (Phi) is 9.67. The molecule has 0 aromatic heterocycles. The topological polar surface area (TPSA) is 0 Å². The third kappa shape index (κ3) is 7.42. The molecule has 0 bridgehead atoms. The fourth-order valence-electron chi connectivity index (χ4n) is 4.56. The van der Waals surface area contributed by atoms with Gasteiger partial charge >= 0.3 is 0 Å². The van der Waals surface area contributed by atoms with Gasteiger partial charge in [0.15, 0.2) is 0 Å². The molecule has 3 rings (SSSR count). The van der Waals surface area contributed by atoms with Crippen molar-refractivity contribution in [3.8, 4) is 11.1 Å². The molecule has 1 heteroatoms. The predicted molar refractivity (Wildman–Crippen MR) is 130 cm³/mol. The third-order valence-electron chi connectivity index (χ3n) is 6.57. The Morgan fingerprint density at radius 1 is 0.733 bits per heavy atom. The lowest BCUT2D eigenvalue weighted by molar-refractivity contribution is 0.235. The Balaban J connectivity index is 1.42. The van der Waals surface area contributed by atoms with Crippen LogP contribution in [-0.4, -0.2) is 6.17 Å². The lowest BCUT2D eigenvalue weighted by Crippen LogP contribution is -2.13. The molecular weight excluding hydrogens is 367 g/mol. The van der Waals surface area contributed by atoms with E-state index in [4.69, 9.17) is 0 Å². The standard InChI is InChI=1S/C29H39F/c1-2-3-4-5-6-7-8-9-10-11-24-12-14-25(15-13-24)26-16-18-27(19-17-26)28-20-22-29(30)23-21-28/h10-19,28-29H,2-9,20-23H2,1H3/b11-10+. The van der Waals surface area contributed by atoms with Crippen molar-refractivity contribution in [3.05, 3.63) is 65.7 Å². The van der Waals surface area contributed by atoms with Gasteiger partial charge in [0, 0.05) is 0 Å². The molecule has 0 unspecified atom stereocenters. The van der Waals surface area contributed by atoms with Crippen LogP contribution in [0.1, 0.15) is 101 Å². The van der Waals surface area contributed by atoms with Crippen molar-refractivity contribution in [1.82, 2.24) is 0 Å². The molecule has 0 saturated heterocycles. The van der Waals surface area contributed by atoms with Crippen LogP contribution in [0.15, 0.2) is 54.6 Å². The SMILES string of the molecule is CCCCCCCCC/C=C/c1ccc(-c2ccc(C3CCC(F)CC3)cc2)cc1. The first-order valence-electron chi connectivity index (χ1n) is 12.3. The van der Waals surface area contributed by atoms with Crippen molar-refractivity contribution in [2.45, 2.75) is 96.1 Å². The van der Waals surface area contributed by atoms with E-state index in [0.717, 1.165) is 25.7 Å². The molecule has 0 radical (unpaired) electrons. The number of hydrogen-bond donors (Lipinski definition) is 0. The summed E-state index contributed by atoms with van der Waals surface area (Å²) < 4.78 is 13.4. The summed E-state index contributed by atoms with van der Waals surface area (Å²) in [7, 11) is 0. The summed E-state index contributed by atoms with van der Waals surface area (Å²) in [5.41, 5.74) is 5.17. The first-order valence-corrected chi connectivity index (χ1v) is 12.3. The average Bonchev–Trinajstić information content (AvgIpc) is 2.79. The smallest absolute Gasteiger partial charge is 0.100 e. The molecule has 0 nitrogen and oxygen atoms in total. The van der Waals surface area contributed by atoms with E-state index in [1.807, 2.05) is 0 Å². The maximum Gasteiger partial charge on any atom is 0.100 e. The van der Waals surface area contributed by atoms with Crippen LogP contribution in [0.25, 0.3) is 17.2 Å². The number of allylic oxidation sites excluding steroid dienone is 1. The van der Waals surface area contributed by atoms with Gasteiger partial charge in [-0.3, -0.25) is 0 Å². The quantitative estimate of drug-likeness (QED) is 0.326. The van der Waals surface area contributed by atoms with Gasteiger partial charge in [-0.1, -0.05) is 106 Å². The van der Waals surface area contributed by atoms with Gasteiger partial charge in [0.25, 0.3) is 0 Å². The fourth-order valence-corrected chi connectivity index (χ4v) is 4.56. The van der Waals surface area contributed by atoms with Gasteiger partial charge in [0.2, 0.25) is 0 Å². The number of hydrogen-bond acceptors (Lipinski definition) is 0. The van der Waals surface area contributed by atoms with Gasteiger partial charge in [-0.15, -0.1) is 0 Å². The summed E-state index contributed by atoms with van der Waals surface area (Å²) in [5.74, 6) is 0.537. The van der Waals surface area contributed by atoms with Crippen LogP contribution in [0.5, 0.6) is 0 Å². The maximum absolute atomic E-state index is 13.4. The van der Waals surface area contributed by atoms with Crippen molar-refractivity contribution in [2.24, 2.45) is 0 Å². The molecule has 1 aliphatic carbocycles. The van der Waals surface area contributed by atoms with Gasteiger partial charge in [0.1, 0.15) is 6.17 Å². The molecule has 0 N–H and O–H groups in total. The second-order valence-corrected chi connectivity index (χ2v) is 9.01. The van der Waals surface area contributed by atoms with E-state index in [2.05, 4.69) is 67.6 Å². The van der Waals surface area contributed by atoms with Crippen LogP contribution in [0.3, 0.4) is 0 Å². The van der Waals surface area contributed by atoms with E-state index in [9.17, 15) is 4.39 Å². The zero-order valence-electron chi connectivity index (χ0n) is 18.8. The fraction of sp³-hybridized carbons (Fsp3) is 0.517. The minimum Gasteiger partial charge on any atom is -0.247 e. The van der Waals surface area contributed by atoms with Gasteiger partial charge in [0.05, 0.1) is 0 Å². The Morgan fingerprint density at radius 3 is 1.93 bits per heavy atom. The minimum atomic E-state index is -0.580. The summed E-state index contributed by atoms with van der Waals surface area (Å²) in [6.07, 6.45) is 18.2. The normalized spacial score (nSPS) is 19.4. The largest absolute Gasteiger partial charge is 0.247 e. The van der Waals surface area contributed by atoms with Crippen LogP contribution in [0.2, 0.25) is 0 Å². The first-order chi connectivity index (χ1) is 14.8. The van der Waals surface area contributed by atoms with E-state index < -0.39 is 6.17 Å². The second kappa shape index (κ2) is 12.7. The molecule has 162 valence electrons. The zero-order valence-corrected chi connectivity index (χ0v) is 18.8. The molecule has 0 heterocycles. The molecule has 1 fully saturated rings. The van der Waals surface area contributed by atoms with E-state index in [1.165, 1.54) is 73.6 Å². The van der Waals surface area contributed by atoms with Crippen LogP contribution in [0, 0.1) is 0 Å². The van der Waals surface area contributed by atoms with E-state index in [-0.39, 0.29) is 0 Å². The minimum absolute atomic E-state index is 0.537. The number of alkyl halides is 1. The highest BCUT2D eigenvalue weighted by Crippen LogP contribution is 2.34. The summed E-state index contributed by atoms with van der Waals surface area (Å²) >= 11 is 0. The van der Waals surface area contributed by atoms with Crippen LogP contribution in [0.4, 0.5) is 4.39 Å². The van der Waals surface area contributed by atoms with Gasteiger partial charge < -0.3 is 0 Å². The summed E-state index contributed by atoms with van der Waals surface area (Å²) in [6, 6.07) is 17.8. The van der Waals surface area contributed by atoms with E-state index in [1.54, 1.807) is 0 Å². The number of benzene rings is 2. The van der Waals surface area contributed by atoms with Crippen molar-refractivity contribution < 1.29 is 4.39 Å². The Bertz CT molecular complexity index is 733. The van der Waals surface area contributed by atoms with Gasteiger partial charge in [-0.05, 0) is 66.7 Å². The number of unbranched alkanes of at least 4 members (excludes halogenated alkanes) is 7. The summed E-state index contributed by atoms with van der Waals surface area (Å²) in [6.45, 7) is 2.27. The van der Waals surface area contributed by atoms with Gasteiger partial charge in [-0.2, -0.15) is 0 Å². The van der Waals surface area contributed by atoms with Crippen LogP contribution >= 0.6 is 0 Å². The Labute approximate surface area is 183 Å². The first kappa shape index (κ1) is 22.8. The monoisotopic (exact) mass is 406 g/mol. The lowest BCUT2D eigenvalue weighted by Gasteiger charge is -2.24. The molecule has 2 aromatic carbocycles. The second-order valence-electron chi connectivity index (χ2n) is 9.01. The average molecular weight is 407 g/mol. The van der Waals surface area contributed by atoms with Crippen LogP contribution < -0.4 is 0 Å². The Morgan fingerprint density at radius 2 is 1.30 bits per heavy atom. The van der Waals surface area contributed by atoms with Crippen molar-refractivity contribution in [2.75, 3.05) is 0 Å². The zero-order chi connectivity index (χ0) is 21.0. The van der Waals surface area contributed by atoms with Crippen molar-refractivity contribution >= 4 is 6.08 Å². The molecule has 1 saturated carbocycles. The Hall–Kier alpha value is -1.89. The predicted octanol–water partition coefficient (Wildman–Crippen LogP) is 9.50. The summed E-state index contributed by atoms with van der Waals surface area (Å²) in [4.78, 5) is 0. The highest BCUT2D eigenvalue weighted by atomic mass is 19.1. The number of rotatable bonds is 11. The van der Waals surface area contributed by atoms with Crippen molar-refractivity contribution in [3.63, 3.8) is 0 Å². The molecule has 2 aromatic rings. The lowest BCUT2D eigenvalue weighted by atomic mass is 9.83. The van der Waals surface area contributed by atoms with Gasteiger partial charge in [-0.25, -0.2) is 4.39 Å². The summed E-state index contributed by atoms with van der Waals surface area (Å²) in [5, 5.41) is 0. The van der Waals surface area contributed by atoms with E-state index >= 15 is 0 Å². The molecule has 1 aliphatic rings. The highest BCUT2D eigenvalue weighted by molar-refractivity contribution is 5.66. The molecule has 0 spiro atoms. The van der Waals surface area contributed by atoms with E-state index in [0.29, 0.717) is 5.92 Å². The highest BCUT2D eigenvalue weighted by Gasteiger charge is 2.21. The molecular formula is C29H39F.